The number of rotatable bonds is 2. The molecule has 1 unspecified atom stereocenters. The third-order valence-electron chi connectivity index (χ3n) is 5.10. The third-order valence-corrected chi connectivity index (χ3v) is 5.10. The van der Waals surface area contributed by atoms with Crippen LogP contribution in [0.3, 0.4) is 0 Å². The van der Waals surface area contributed by atoms with Gasteiger partial charge in [0.15, 0.2) is 0 Å². The van der Waals surface area contributed by atoms with Gasteiger partial charge in [0.2, 0.25) is 0 Å². The highest BCUT2D eigenvalue weighted by Gasteiger charge is 2.37. The van der Waals surface area contributed by atoms with E-state index in [4.69, 9.17) is 4.42 Å². The van der Waals surface area contributed by atoms with Gasteiger partial charge in [-0.1, -0.05) is 30.7 Å². The van der Waals surface area contributed by atoms with Gasteiger partial charge in [-0.2, -0.15) is 0 Å². The molecule has 20 heavy (non-hydrogen) atoms. The van der Waals surface area contributed by atoms with Crippen LogP contribution in [0.5, 0.6) is 0 Å². The zero-order valence-electron chi connectivity index (χ0n) is 11.6. The van der Waals surface area contributed by atoms with Crippen molar-refractivity contribution in [3.8, 4) is 0 Å². The van der Waals surface area contributed by atoms with Gasteiger partial charge in [-0.15, -0.1) is 0 Å². The summed E-state index contributed by atoms with van der Waals surface area (Å²) in [6.45, 7) is 0. The molecule has 0 aliphatic heterocycles. The maximum absolute atomic E-state index is 11.1. The van der Waals surface area contributed by atoms with Crippen molar-refractivity contribution >= 4 is 0 Å². The number of hydrogen-bond acceptors (Lipinski definition) is 2. The third kappa shape index (κ3) is 1.75. The molecule has 4 rings (SSSR count). The number of aryl methyl sites for hydroxylation is 1. The molecular formula is C18H20O2. The molecular weight excluding hydrogens is 248 g/mol. The molecule has 1 saturated carbocycles. The Hall–Kier alpha value is -1.54. The predicted octanol–water partition coefficient (Wildman–Crippen LogP) is 4.12. The minimum absolute atomic E-state index is 0.745. The molecule has 1 N–H and O–H groups in total. The van der Waals surface area contributed by atoms with Crippen molar-refractivity contribution in [3.63, 3.8) is 0 Å². The number of hydrogen-bond donors (Lipinski definition) is 1. The van der Waals surface area contributed by atoms with Crippen molar-refractivity contribution in [3.05, 3.63) is 59.0 Å². The zero-order chi connectivity index (χ0) is 13.6. The van der Waals surface area contributed by atoms with Gasteiger partial charge in [-0.3, -0.25) is 0 Å². The van der Waals surface area contributed by atoms with Crippen LogP contribution in [-0.4, -0.2) is 5.11 Å². The average molecular weight is 268 g/mol. The SMILES string of the molecule is OC1(c2ccc(C3CCC3)cc2)CCCc2occc21. The van der Waals surface area contributed by atoms with Crippen LogP contribution in [0.2, 0.25) is 0 Å². The summed E-state index contributed by atoms with van der Waals surface area (Å²) in [4.78, 5) is 0. The number of benzene rings is 1. The Kier molecular flexibility index (Phi) is 2.74. The molecule has 2 aromatic rings. The van der Waals surface area contributed by atoms with Crippen molar-refractivity contribution in [1.82, 2.24) is 0 Å². The van der Waals surface area contributed by atoms with Crippen LogP contribution >= 0.6 is 0 Å². The van der Waals surface area contributed by atoms with Gasteiger partial charge in [-0.25, -0.2) is 0 Å². The molecule has 0 radical (unpaired) electrons. The van der Waals surface area contributed by atoms with E-state index >= 15 is 0 Å². The Morgan fingerprint density at radius 2 is 1.85 bits per heavy atom. The molecule has 104 valence electrons. The van der Waals surface area contributed by atoms with E-state index in [-0.39, 0.29) is 0 Å². The Morgan fingerprint density at radius 3 is 2.55 bits per heavy atom. The second-order valence-corrected chi connectivity index (χ2v) is 6.22. The maximum Gasteiger partial charge on any atom is 0.118 e. The standard InChI is InChI=1S/C18H20O2/c19-18(11-2-5-17-16(18)10-12-20-17)15-8-6-14(7-9-15)13-3-1-4-13/h6-10,12-13,19H,1-5,11H2. The summed E-state index contributed by atoms with van der Waals surface area (Å²) < 4.78 is 5.50. The molecule has 0 amide bonds. The van der Waals surface area contributed by atoms with E-state index < -0.39 is 5.60 Å². The van der Waals surface area contributed by atoms with E-state index in [1.54, 1.807) is 6.26 Å². The fourth-order valence-corrected chi connectivity index (χ4v) is 3.61. The molecule has 2 heteroatoms. The molecule has 0 bridgehead atoms. The fraction of sp³-hybridized carbons (Fsp3) is 0.444. The van der Waals surface area contributed by atoms with Crippen molar-refractivity contribution in [2.75, 3.05) is 0 Å². The van der Waals surface area contributed by atoms with E-state index in [0.717, 1.165) is 42.1 Å². The Morgan fingerprint density at radius 1 is 1.05 bits per heavy atom. The first-order valence-electron chi connectivity index (χ1n) is 7.67. The predicted molar refractivity (Wildman–Crippen MR) is 77.7 cm³/mol. The Labute approximate surface area is 119 Å². The zero-order valence-corrected chi connectivity index (χ0v) is 11.6. The van der Waals surface area contributed by atoms with Crippen LogP contribution < -0.4 is 0 Å². The summed E-state index contributed by atoms with van der Waals surface area (Å²) >= 11 is 0. The molecule has 1 fully saturated rings. The van der Waals surface area contributed by atoms with Crippen LogP contribution in [0.1, 0.15) is 60.5 Å². The van der Waals surface area contributed by atoms with E-state index in [1.165, 1.54) is 24.8 Å². The summed E-state index contributed by atoms with van der Waals surface area (Å²) in [6, 6.07) is 10.5. The Balaban J connectivity index is 1.70. The first kappa shape index (κ1) is 12.2. The number of furan rings is 1. The maximum atomic E-state index is 11.1. The largest absolute Gasteiger partial charge is 0.469 e. The summed E-state index contributed by atoms with van der Waals surface area (Å²) in [5, 5.41) is 11.1. The monoisotopic (exact) mass is 268 g/mol. The van der Waals surface area contributed by atoms with E-state index in [2.05, 4.69) is 24.3 Å². The molecule has 1 aromatic carbocycles. The van der Waals surface area contributed by atoms with Crippen LogP contribution in [0.15, 0.2) is 41.0 Å². The van der Waals surface area contributed by atoms with Crippen LogP contribution in [-0.2, 0) is 12.0 Å². The molecule has 2 aliphatic rings. The topological polar surface area (TPSA) is 33.4 Å². The number of fused-ring (bicyclic) bond motifs is 1. The minimum atomic E-state index is -0.862. The van der Waals surface area contributed by atoms with Gasteiger partial charge in [0.25, 0.3) is 0 Å². The summed E-state index contributed by atoms with van der Waals surface area (Å²) in [6.07, 6.45) is 8.37. The lowest BCUT2D eigenvalue weighted by atomic mass is 9.76. The molecule has 1 aromatic heterocycles. The molecule has 0 spiro atoms. The Bertz CT molecular complexity index is 607. The summed E-state index contributed by atoms with van der Waals surface area (Å²) in [5.74, 6) is 1.69. The highest BCUT2D eigenvalue weighted by atomic mass is 16.3. The van der Waals surface area contributed by atoms with Crippen molar-refractivity contribution in [2.24, 2.45) is 0 Å². The van der Waals surface area contributed by atoms with Crippen molar-refractivity contribution in [2.45, 2.75) is 50.0 Å². The fourth-order valence-electron chi connectivity index (χ4n) is 3.61. The minimum Gasteiger partial charge on any atom is -0.469 e. The first-order valence-corrected chi connectivity index (χ1v) is 7.67. The first-order chi connectivity index (χ1) is 9.77. The van der Waals surface area contributed by atoms with E-state index in [9.17, 15) is 5.11 Å². The van der Waals surface area contributed by atoms with Gasteiger partial charge in [-0.05, 0) is 48.8 Å². The quantitative estimate of drug-likeness (QED) is 0.888. The van der Waals surface area contributed by atoms with Crippen molar-refractivity contribution in [1.29, 1.82) is 0 Å². The van der Waals surface area contributed by atoms with E-state index in [1.807, 2.05) is 6.07 Å². The second-order valence-electron chi connectivity index (χ2n) is 6.22. The highest BCUT2D eigenvalue weighted by molar-refractivity contribution is 5.40. The van der Waals surface area contributed by atoms with Gasteiger partial charge >= 0.3 is 0 Å². The molecule has 1 atom stereocenters. The van der Waals surface area contributed by atoms with Gasteiger partial charge < -0.3 is 9.52 Å². The normalized spacial score (nSPS) is 26.1. The molecule has 0 saturated heterocycles. The lowest BCUT2D eigenvalue weighted by molar-refractivity contribution is 0.0589. The smallest absolute Gasteiger partial charge is 0.118 e. The summed E-state index contributed by atoms with van der Waals surface area (Å²) in [7, 11) is 0. The molecule has 1 heterocycles. The van der Waals surface area contributed by atoms with Gasteiger partial charge in [0.05, 0.1) is 6.26 Å². The lowest BCUT2D eigenvalue weighted by Crippen LogP contribution is -2.31. The molecule has 2 nitrogen and oxygen atoms in total. The van der Waals surface area contributed by atoms with Crippen LogP contribution in [0, 0.1) is 0 Å². The second kappa shape index (κ2) is 4.49. The van der Waals surface area contributed by atoms with Crippen molar-refractivity contribution < 1.29 is 9.52 Å². The van der Waals surface area contributed by atoms with Crippen LogP contribution in [0.25, 0.3) is 0 Å². The lowest BCUT2D eigenvalue weighted by Gasteiger charge is -2.33. The number of aliphatic hydroxyl groups is 1. The van der Waals surface area contributed by atoms with Gasteiger partial charge in [0, 0.05) is 12.0 Å². The van der Waals surface area contributed by atoms with E-state index in [0.29, 0.717) is 0 Å². The average Bonchev–Trinajstić information content (AvgIpc) is 2.88. The van der Waals surface area contributed by atoms with Gasteiger partial charge in [0.1, 0.15) is 11.4 Å². The van der Waals surface area contributed by atoms with Crippen LogP contribution in [0.4, 0.5) is 0 Å². The molecule has 2 aliphatic carbocycles. The summed E-state index contributed by atoms with van der Waals surface area (Å²) in [5.41, 5.74) is 2.52. The highest BCUT2D eigenvalue weighted by Crippen LogP contribution is 2.42.